The number of halogens is 1. The lowest BCUT2D eigenvalue weighted by molar-refractivity contribution is -0.130. The Morgan fingerprint density at radius 1 is 0.939 bits per heavy atom. The Balaban J connectivity index is 1.55. The predicted octanol–water partition coefficient (Wildman–Crippen LogP) is 4.32. The minimum Gasteiger partial charge on any atom is -0.444 e. The second-order valence-corrected chi connectivity index (χ2v) is 9.74. The molecule has 0 heterocycles. The second-order valence-electron chi connectivity index (χ2n) is 7.62. The van der Waals surface area contributed by atoms with Crippen LogP contribution in [0.15, 0.2) is 83.8 Å². The highest BCUT2D eigenvalue weighted by molar-refractivity contribution is 7.92. The molecule has 1 amide bonds. The van der Waals surface area contributed by atoms with Crippen molar-refractivity contribution in [2.75, 3.05) is 4.72 Å². The van der Waals surface area contributed by atoms with Gasteiger partial charge in [0.05, 0.1) is 16.1 Å². The number of hydrogen-bond acceptors (Lipinski definition) is 5. The van der Waals surface area contributed by atoms with E-state index in [1.165, 1.54) is 30.3 Å². The van der Waals surface area contributed by atoms with Crippen molar-refractivity contribution in [2.24, 2.45) is 0 Å². The fourth-order valence-electron chi connectivity index (χ4n) is 3.14. The van der Waals surface area contributed by atoms with Gasteiger partial charge in [-0.3, -0.25) is 9.52 Å². The second kappa shape index (κ2) is 9.64. The Hall–Kier alpha value is -3.36. The molecule has 3 aromatic carbocycles. The quantitative estimate of drug-likeness (QED) is 0.464. The molecule has 170 valence electrons. The highest BCUT2D eigenvalue weighted by atomic mass is 35.5. The van der Waals surface area contributed by atoms with Gasteiger partial charge in [0.15, 0.2) is 0 Å². The van der Waals surface area contributed by atoms with Gasteiger partial charge in [-0.15, -0.1) is 0 Å². The Morgan fingerprint density at radius 3 is 2.36 bits per heavy atom. The van der Waals surface area contributed by atoms with E-state index < -0.39 is 28.0 Å². The first kappa shape index (κ1) is 22.8. The van der Waals surface area contributed by atoms with Crippen molar-refractivity contribution in [3.8, 4) is 0 Å². The van der Waals surface area contributed by atoms with Gasteiger partial charge in [-0.25, -0.2) is 13.2 Å². The molecule has 0 aromatic heterocycles. The van der Waals surface area contributed by atoms with Crippen LogP contribution < -0.4 is 10.0 Å². The lowest BCUT2D eigenvalue weighted by Crippen LogP contribution is -2.33. The highest BCUT2D eigenvalue weighted by Gasteiger charge is 2.31. The Bertz CT molecular complexity index is 1280. The Morgan fingerprint density at radius 2 is 1.67 bits per heavy atom. The van der Waals surface area contributed by atoms with E-state index >= 15 is 0 Å². The van der Waals surface area contributed by atoms with Crippen LogP contribution in [0.25, 0.3) is 0 Å². The zero-order valence-electron chi connectivity index (χ0n) is 17.4. The topological polar surface area (TPSA) is 102 Å². The molecule has 33 heavy (non-hydrogen) atoms. The number of carbonyl (C=O) groups is 2. The number of nitrogens with one attached hydrogen (secondary N) is 2. The van der Waals surface area contributed by atoms with E-state index in [1.54, 1.807) is 48.5 Å². The van der Waals surface area contributed by atoms with Gasteiger partial charge in [-0.1, -0.05) is 54.1 Å². The first-order valence-electron chi connectivity index (χ1n) is 10.3. The number of benzene rings is 3. The maximum Gasteiger partial charge on any atom is 0.339 e. The third-order valence-corrected chi connectivity index (χ3v) is 6.56. The van der Waals surface area contributed by atoms with E-state index in [9.17, 15) is 18.0 Å². The van der Waals surface area contributed by atoms with Gasteiger partial charge in [-0.2, -0.15) is 0 Å². The first-order valence-corrected chi connectivity index (χ1v) is 12.1. The molecule has 3 aromatic rings. The summed E-state index contributed by atoms with van der Waals surface area (Å²) in [6.07, 6.45) is 0.630. The number of carbonyl (C=O) groups excluding carboxylic acids is 2. The molecule has 1 atom stereocenters. The summed E-state index contributed by atoms with van der Waals surface area (Å²) in [5, 5.41) is 3.22. The van der Waals surface area contributed by atoms with Crippen LogP contribution in [0.2, 0.25) is 5.02 Å². The maximum absolute atomic E-state index is 12.9. The number of amides is 1. The Kier molecular flexibility index (Phi) is 6.67. The van der Waals surface area contributed by atoms with Gasteiger partial charge >= 0.3 is 5.97 Å². The summed E-state index contributed by atoms with van der Waals surface area (Å²) in [6, 6.07) is 20.5. The van der Waals surface area contributed by atoms with Crippen molar-refractivity contribution < 1.29 is 22.7 Å². The van der Waals surface area contributed by atoms with E-state index in [-0.39, 0.29) is 22.2 Å². The molecule has 0 saturated heterocycles. The van der Waals surface area contributed by atoms with E-state index in [2.05, 4.69) is 10.0 Å². The van der Waals surface area contributed by atoms with Crippen LogP contribution in [-0.2, 0) is 19.6 Å². The summed E-state index contributed by atoms with van der Waals surface area (Å²) in [6.45, 7) is 0. The molecule has 1 unspecified atom stereocenters. The number of rotatable bonds is 8. The summed E-state index contributed by atoms with van der Waals surface area (Å²) in [7, 11) is -3.99. The van der Waals surface area contributed by atoms with Gasteiger partial charge in [0.1, 0.15) is 0 Å². The first-order chi connectivity index (χ1) is 15.8. The predicted molar refractivity (Wildman–Crippen MR) is 124 cm³/mol. The van der Waals surface area contributed by atoms with E-state index in [4.69, 9.17) is 16.3 Å². The average Bonchev–Trinajstić information content (AvgIpc) is 3.61. The van der Waals surface area contributed by atoms with Crippen molar-refractivity contribution in [1.29, 1.82) is 0 Å². The molecular formula is C24H21ClN2O5S. The molecule has 9 heteroatoms. The van der Waals surface area contributed by atoms with Crippen LogP contribution in [0.3, 0.4) is 0 Å². The van der Waals surface area contributed by atoms with Crippen molar-refractivity contribution >= 4 is 39.2 Å². The summed E-state index contributed by atoms with van der Waals surface area (Å²) >= 11 is 5.92. The van der Waals surface area contributed by atoms with Gasteiger partial charge in [0, 0.05) is 16.6 Å². The monoisotopic (exact) mass is 484 g/mol. The molecule has 0 bridgehead atoms. The van der Waals surface area contributed by atoms with Crippen molar-refractivity contribution in [2.45, 2.75) is 29.9 Å². The third kappa shape index (κ3) is 5.91. The molecule has 4 rings (SSSR count). The lowest BCUT2D eigenvalue weighted by Gasteiger charge is -2.18. The van der Waals surface area contributed by atoms with Crippen LogP contribution in [0.4, 0.5) is 5.69 Å². The average molecular weight is 485 g/mol. The summed E-state index contributed by atoms with van der Waals surface area (Å²) < 4.78 is 33.6. The van der Waals surface area contributed by atoms with Gasteiger partial charge in [0.25, 0.3) is 15.9 Å². The van der Waals surface area contributed by atoms with Crippen molar-refractivity contribution in [3.63, 3.8) is 0 Å². The number of esters is 1. The lowest BCUT2D eigenvalue weighted by atomic mass is 10.1. The summed E-state index contributed by atoms with van der Waals surface area (Å²) in [4.78, 5) is 25.5. The molecule has 1 saturated carbocycles. The van der Waals surface area contributed by atoms with E-state index in [0.29, 0.717) is 10.6 Å². The molecular weight excluding hydrogens is 464 g/mol. The summed E-state index contributed by atoms with van der Waals surface area (Å²) in [5.74, 6) is -1.22. The minimum absolute atomic E-state index is 0.00382. The van der Waals surface area contributed by atoms with Crippen LogP contribution in [0.5, 0.6) is 0 Å². The molecule has 1 fully saturated rings. The smallest absolute Gasteiger partial charge is 0.339 e. The molecule has 0 radical (unpaired) electrons. The van der Waals surface area contributed by atoms with E-state index in [1.807, 2.05) is 0 Å². The molecule has 7 nitrogen and oxygen atoms in total. The van der Waals surface area contributed by atoms with Crippen LogP contribution in [-0.4, -0.2) is 26.3 Å². The Labute approximate surface area is 196 Å². The largest absolute Gasteiger partial charge is 0.444 e. The van der Waals surface area contributed by atoms with Gasteiger partial charge < -0.3 is 10.1 Å². The number of sulfonamides is 1. The zero-order valence-corrected chi connectivity index (χ0v) is 19.0. The molecule has 0 aliphatic heterocycles. The van der Waals surface area contributed by atoms with Crippen LogP contribution in [0.1, 0.15) is 34.9 Å². The number of ether oxygens (including phenoxy) is 1. The molecule has 0 spiro atoms. The van der Waals surface area contributed by atoms with Gasteiger partial charge in [-0.05, 0) is 49.2 Å². The van der Waals surface area contributed by atoms with Crippen molar-refractivity contribution in [1.82, 2.24) is 5.32 Å². The van der Waals surface area contributed by atoms with Crippen LogP contribution in [0, 0.1) is 0 Å². The molecule has 1 aliphatic rings. The fraction of sp³-hybridized carbons (Fsp3) is 0.167. The van der Waals surface area contributed by atoms with E-state index in [0.717, 1.165) is 12.8 Å². The zero-order chi connectivity index (χ0) is 23.4. The minimum atomic E-state index is -3.99. The summed E-state index contributed by atoms with van der Waals surface area (Å²) in [5.41, 5.74) is 0.816. The van der Waals surface area contributed by atoms with Crippen molar-refractivity contribution in [3.05, 3.63) is 95.0 Å². The maximum atomic E-state index is 12.9. The number of hydrogen-bond donors (Lipinski definition) is 2. The van der Waals surface area contributed by atoms with Crippen LogP contribution >= 0.6 is 11.6 Å². The normalized spacial score (nSPS) is 14.2. The standard InChI is InChI=1S/C24H21ClN2O5S/c25-18-9-5-10-20(15-18)27-33(30,31)21-11-4-8-17(14-21)24(29)32-22(16-6-2-1-3-7-16)23(28)26-19-12-13-19/h1-11,14-15,19,22,27H,12-13H2,(H,26,28). The van der Waals surface area contributed by atoms with Gasteiger partial charge in [0.2, 0.25) is 6.10 Å². The molecule has 2 N–H and O–H groups in total. The highest BCUT2D eigenvalue weighted by Crippen LogP contribution is 2.25. The SMILES string of the molecule is O=C(OC(C(=O)NC1CC1)c1ccccc1)c1cccc(S(=O)(=O)Nc2cccc(Cl)c2)c1. The fourth-order valence-corrected chi connectivity index (χ4v) is 4.42. The number of anilines is 1. The molecule has 1 aliphatic carbocycles. The third-order valence-electron chi connectivity index (χ3n) is 4.95.